The van der Waals surface area contributed by atoms with E-state index in [1.54, 1.807) is 0 Å². The molecule has 1 aromatic rings. The number of nitrogens with zero attached hydrogens (tertiary/aromatic N) is 1. The zero-order chi connectivity index (χ0) is 16.7. The lowest BCUT2D eigenvalue weighted by atomic mass is 10.0. The molecule has 1 saturated heterocycles. The van der Waals surface area contributed by atoms with Crippen LogP contribution in [-0.2, 0) is 9.59 Å². The number of ether oxygens (including phenoxy) is 1. The van der Waals surface area contributed by atoms with Gasteiger partial charge in [-0.1, -0.05) is 12.1 Å². The van der Waals surface area contributed by atoms with Crippen molar-refractivity contribution in [3.8, 4) is 5.75 Å². The van der Waals surface area contributed by atoms with Crippen molar-refractivity contribution < 1.29 is 19.4 Å². The second-order valence-corrected chi connectivity index (χ2v) is 6.06. The number of carbonyl (C=O) groups is 2. The molecule has 1 aromatic carbocycles. The van der Waals surface area contributed by atoms with Crippen LogP contribution in [0.3, 0.4) is 0 Å². The zero-order valence-electron chi connectivity index (χ0n) is 13.7. The number of carboxylic acid groups (broad SMARTS) is 1. The quantitative estimate of drug-likeness (QED) is 0.785. The van der Waals surface area contributed by atoms with Crippen LogP contribution in [0.25, 0.3) is 0 Å². The van der Waals surface area contributed by atoms with Gasteiger partial charge in [-0.2, -0.15) is 0 Å². The van der Waals surface area contributed by atoms with E-state index in [0.29, 0.717) is 32.4 Å². The molecule has 5 nitrogen and oxygen atoms in total. The molecule has 1 amide bonds. The summed E-state index contributed by atoms with van der Waals surface area (Å²) in [5, 5.41) is 9.20. The molecule has 2 rings (SSSR count). The summed E-state index contributed by atoms with van der Waals surface area (Å²) >= 11 is 0. The van der Waals surface area contributed by atoms with Crippen LogP contribution in [0.4, 0.5) is 0 Å². The van der Waals surface area contributed by atoms with Gasteiger partial charge in [-0.05, 0) is 56.7 Å². The van der Waals surface area contributed by atoms with E-state index in [9.17, 15) is 14.7 Å². The fourth-order valence-electron chi connectivity index (χ4n) is 2.90. The Morgan fingerprint density at radius 3 is 2.87 bits per heavy atom. The maximum absolute atomic E-state index is 12.2. The Bertz CT molecular complexity index is 544. The monoisotopic (exact) mass is 319 g/mol. The lowest BCUT2D eigenvalue weighted by Crippen LogP contribution is -2.47. The van der Waals surface area contributed by atoms with Crippen molar-refractivity contribution in [2.24, 2.45) is 0 Å². The molecule has 0 aromatic heterocycles. The van der Waals surface area contributed by atoms with Crippen molar-refractivity contribution in [1.29, 1.82) is 0 Å². The number of aryl methyl sites for hydroxylation is 1. The first-order chi connectivity index (χ1) is 11.1. The highest BCUT2D eigenvalue weighted by Crippen LogP contribution is 2.19. The molecule has 0 radical (unpaired) electrons. The summed E-state index contributed by atoms with van der Waals surface area (Å²) in [6, 6.07) is 7.24. The number of rotatable bonds is 7. The van der Waals surface area contributed by atoms with E-state index < -0.39 is 12.0 Å². The third-order valence-corrected chi connectivity index (χ3v) is 4.15. The number of hydrogen-bond donors (Lipinski definition) is 1. The second kappa shape index (κ2) is 8.56. The maximum Gasteiger partial charge on any atom is 0.326 e. The first kappa shape index (κ1) is 17.3. The topological polar surface area (TPSA) is 66.8 Å². The highest BCUT2D eigenvalue weighted by atomic mass is 16.5. The van der Waals surface area contributed by atoms with Crippen LogP contribution < -0.4 is 4.74 Å². The normalized spacial score (nSPS) is 17.8. The highest BCUT2D eigenvalue weighted by Gasteiger charge is 2.31. The number of hydrogen-bond acceptors (Lipinski definition) is 3. The number of unbranched alkanes of at least 4 members (excludes halogenated alkanes) is 1. The summed E-state index contributed by atoms with van der Waals surface area (Å²) in [6.45, 7) is 3.15. The smallest absolute Gasteiger partial charge is 0.326 e. The van der Waals surface area contributed by atoms with Crippen LogP contribution >= 0.6 is 0 Å². The van der Waals surface area contributed by atoms with Crippen LogP contribution in [0, 0.1) is 6.92 Å². The molecule has 1 heterocycles. The number of carbonyl (C=O) groups excluding carboxylic acids is 1. The lowest BCUT2D eigenvalue weighted by Gasteiger charge is -2.33. The summed E-state index contributed by atoms with van der Waals surface area (Å²) in [4.78, 5) is 25.0. The molecule has 1 aliphatic rings. The van der Waals surface area contributed by atoms with Crippen molar-refractivity contribution in [2.75, 3.05) is 13.2 Å². The van der Waals surface area contributed by atoms with E-state index in [4.69, 9.17) is 4.74 Å². The number of aliphatic carboxylic acids is 1. The number of benzene rings is 1. The molecule has 23 heavy (non-hydrogen) atoms. The summed E-state index contributed by atoms with van der Waals surface area (Å²) in [5.41, 5.74) is 1.16. The summed E-state index contributed by atoms with van der Waals surface area (Å²) in [6.07, 6.45) is 4.23. The third-order valence-electron chi connectivity index (χ3n) is 4.15. The highest BCUT2D eigenvalue weighted by molar-refractivity contribution is 5.83. The van der Waals surface area contributed by atoms with Crippen LogP contribution in [-0.4, -0.2) is 41.1 Å². The first-order valence-electron chi connectivity index (χ1n) is 8.29. The molecule has 0 bridgehead atoms. The summed E-state index contributed by atoms with van der Waals surface area (Å²) in [7, 11) is 0. The minimum absolute atomic E-state index is 0.0485. The molecular formula is C18H25NO4. The summed E-state index contributed by atoms with van der Waals surface area (Å²) < 4.78 is 5.65. The molecule has 0 unspecified atom stereocenters. The fraction of sp³-hybridized carbons (Fsp3) is 0.556. The van der Waals surface area contributed by atoms with Crippen molar-refractivity contribution in [2.45, 2.75) is 51.5 Å². The minimum Gasteiger partial charge on any atom is -0.494 e. The Morgan fingerprint density at radius 1 is 1.30 bits per heavy atom. The van der Waals surface area contributed by atoms with Crippen LogP contribution in [0.5, 0.6) is 5.75 Å². The predicted molar refractivity (Wildman–Crippen MR) is 87.5 cm³/mol. The number of carboxylic acids is 1. The Labute approximate surface area is 137 Å². The van der Waals surface area contributed by atoms with Crippen LogP contribution in [0.15, 0.2) is 24.3 Å². The van der Waals surface area contributed by atoms with E-state index in [-0.39, 0.29) is 5.91 Å². The van der Waals surface area contributed by atoms with Gasteiger partial charge in [-0.3, -0.25) is 4.79 Å². The van der Waals surface area contributed by atoms with Gasteiger partial charge < -0.3 is 14.7 Å². The van der Waals surface area contributed by atoms with Gasteiger partial charge >= 0.3 is 5.97 Å². The largest absolute Gasteiger partial charge is 0.494 e. The number of likely N-dealkylation sites (tertiary alicyclic amines) is 1. The van der Waals surface area contributed by atoms with Gasteiger partial charge in [0, 0.05) is 13.0 Å². The number of piperidine rings is 1. The molecule has 126 valence electrons. The molecule has 0 spiro atoms. The molecule has 1 N–H and O–H groups in total. The molecule has 0 aliphatic carbocycles. The SMILES string of the molecule is Cc1cccc(OCCCCC(=O)N2CCCC[C@@H]2C(=O)O)c1. The Morgan fingerprint density at radius 2 is 2.13 bits per heavy atom. The second-order valence-electron chi connectivity index (χ2n) is 6.06. The molecule has 1 fully saturated rings. The predicted octanol–water partition coefficient (Wildman–Crippen LogP) is 3.01. The molecular weight excluding hydrogens is 294 g/mol. The standard InChI is InChI=1S/C18H25NO4/c1-14-7-6-8-15(13-14)23-12-5-3-10-17(20)19-11-4-2-9-16(19)18(21)22/h6-8,13,16H,2-5,9-12H2,1H3,(H,21,22)/t16-/m1/s1. The Hall–Kier alpha value is -2.04. The van der Waals surface area contributed by atoms with E-state index in [2.05, 4.69) is 0 Å². The Balaban J connectivity index is 1.69. The molecule has 5 heteroatoms. The molecule has 1 atom stereocenters. The van der Waals surface area contributed by atoms with Gasteiger partial charge in [0.05, 0.1) is 6.61 Å². The average Bonchev–Trinajstić information content (AvgIpc) is 2.54. The fourth-order valence-corrected chi connectivity index (χ4v) is 2.90. The van der Waals surface area contributed by atoms with Gasteiger partial charge in [0.1, 0.15) is 11.8 Å². The molecule has 1 aliphatic heterocycles. The van der Waals surface area contributed by atoms with Crippen molar-refractivity contribution in [1.82, 2.24) is 4.90 Å². The third kappa shape index (κ3) is 5.27. The van der Waals surface area contributed by atoms with E-state index in [0.717, 1.165) is 30.6 Å². The van der Waals surface area contributed by atoms with Crippen molar-refractivity contribution in [3.05, 3.63) is 29.8 Å². The van der Waals surface area contributed by atoms with Gasteiger partial charge in [-0.25, -0.2) is 4.79 Å². The van der Waals surface area contributed by atoms with Gasteiger partial charge in [0.15, 0.2) is 0 Å². The van der Waals surface area contributed by atoms with Crippen LogP contribution in [0.2, 0.25) is 0 Å². The number of amides is 1. The first-order valence-corrected chi connectivity index (χ1v) is 8.29. The Kier molecular flexibility index (Phi) is 6.44. The average molecular weight is 319 g/mol. The van der Waals surface area contributed by atoms with E-state index in [1.165, 1.54) is 4.90 Å². The van der Waals surface area contributed by atoms with Gasteiger partial charge in [0.25, 0.3) is 0 Å². The van der Waals surface area contributed by atoms with Gasteiger partial charge in [0.2, 0.25) is 5.91 Å². The van der Waals surface area contributed by atoms with Crippen LogP contribution in [0.1, 0.15) is 44.1 Å². The zero-order valence-corrected chi connectivity index (χ0v) is 13.7. The molecule has 0 saturated carbocycles. The van der Waals surface area contributed by atoms with E-state index in [1.807, 2.05) is 31.2 Å². The lowest BCUT2D eigenvalue weighted by molar-refractivity contribution is -0.152. The summed E-state index contributed by atoms with van der Waals surface area (Å²) in [5.74, 6) is -0.0909. The van der Waals surface area contributed by atoms with Gasteiger partial charge in [-0.15, -0.1) is 0 Å². The van der Waals surface area contributed by atoms with Crippen molar-refractivity contribution in [3.63, 3.8) is 0 Å². The van der Waals surface area contributed by atoms with Crippen molar-refractivity contribution >= 4 is 11.9 Å². The maximum atomic E-state index is 12.2. The minimum atomic E-state index is -0.888. The van der Waals surface area contributed by atoms with E-state index >= 15 is 0 Å².